The van der Waals surface area contributed by atoms with Crippen molar-refractivity contribution in [2.45, 2.75) is 40.0 Å². The number of methoxy groups -OCH3 is 1. The van der Waals surface area contributed by atoms with E-state index in [-0.39, 0.29) is 11.3 Å². The summed E-state index contributed by atoms with van der Waals surface area (Å²) in [6.45, 7) is 6.59. The highest BCUT2D eigenvalue weighted by molar-refractivity contribution is 5.95. The minimum atomic E-state index is -0.227. The molecule has 1 aliphatic carbocycles. The largest absolute Gasteiger partial charge is 0.497 e. The zero-order chi connectivity index (χ0) is 14.8. The van der Waals surface area contributed by atoms with Crippen LogP contribution >= 0.6 is 0 Å². The summed E-state index contributed by atoms with van der Waals surface area (Å²) in [6.07, 6.45) is 3.13. The van der Waals surface area contributed by atoms with Gasteiger partial charge in [-0.1, -0.05) is 20.8 Å². The summed E-state index contributed by atoms with van der Waals surface area (Å²) in [4.78, 5) is 12.5. The molecule has 1 saturated carbocycles. The Bertz CT molecular complexity index is 466. The minimum Gasteiger partial charge on any atom is -0.497 e. The second kappa shape index (κ2) is 5.86. The summed E-state index contributed by atoms with van der Waals surface area (Å²) in [5.74, 6) is 2.27. The third kappa shape index (κ3) is 3.14. The Kier molecular flexibility index (Phi) is 4.36. The molecule has 2 unspecified atom stereocenters. The van der Waals surface area contributed by atoms with Crippen LogP contribution in [0.15, 0.2) is 24.3 Å². The lowest BCUT2D eigenvalue weighted by Crippen LogP contribution is -2.31. The third-order valence-electron chi connectivity index (χ3n) is 4.62. The fraction of sp³-hybridized carbons (Fsp3) is 0.588. The van der Waals surface area contributed by atoms with Crippen LogP contribution in [-0.2, 0) is 4.79 Å². The van der Waals surface area contributed by atoms with Crippen molar-refractivity contribution in [2.24, 2.45) is 17.3 Å². The van der Waals surface area contributed by atoms with Gasteiger partial charge in [-0.25, -0.2) is 0 Å². The van der Waals surface area contributed by atoms with Gasteiger partial charge in [-0.05, 0) is 55.4 Å². The molecule has 1 aliphatic rings. The maximum absolute atomic E-state index is 12.5. The molecular formula is C17H25NO2. The molecule has 20 heavy (non-hydrogen) atoms. The Morgan fingerprint density at radius 1 is 1.35 bits per heavy atom. The van der Waals surface area contributed by atoms with Gasteiger partial charge >= 0.3 is 0 Å². The van der Waals surface area contributed by atoms with Crippen LogP contribution < -0.4 is 10.1 Å². The highest BCUT2D eigenvalue weighted by Crippen LogP contribution is 2.45. The quantitative estimate of drug-likeness (QED) is 0.898. The van der Waals surface area contributed by atoms with Crippen LogP contribution in [0.2, 0.25) is 0 Å². The van der Waals surface area contributed by atoms with Gasteiger partial charge in [0.25, 0.3) is 0 Å². The number of nitrogens with one attached hydrogen (secondary N) is 1. The molecule has 0 aliphatic heterocycles. The van der Waals surface area contributed by atoms with Crippen LogP contribution in [0.1, 0.15) is 40.0 Å². The van der Waals surface area contributed by atoms with Gasteiger partial charge in [0.1, 0.15) is 5.75 Å². The van der Waals surface area contributed by atoms with E-state index in [1.165, 1.54) is 0 Å². The zero-order valence-electron chi connectivity index (χ0n) is 12.9. The number of carbonyl (C=O) groups excluding carboxylic acids is 1. The van der Waals surface area contributed by atoms with Crippen LogP contribution in [0.4, 0.5) is 5.69 Å². The van der Waals surface area contributed by atoms with Crippen LogP contribution in [0.5, 0.6) is 5.75 Å². The predicted molar refractivity (Wildman–Crippen MR) is 81.9 cm³/mol. The average molecular weight is 275 g/mol. The van der Waals surface area contributed by atoms with E-state index in [0.717, 1.165) is 30.7 Å². The van der Waals surface area contributed by atoms with Gasteiger partial charge in [0.05, 0.1) is 7.11 Å². The SMILES string of the molecule is COc1ccc(NC(=O)C2(C)CCC(C(C)C)C2)cc1. The molecule has 1 aromatic carbocycles. The Labute approximate surface area is 121 Å². The van der Waals surface area contributed by atoms with E-state index in [2.05, 4.69) is 26.1 Å². The van der Waals surface area contributed by atoms with Gasteiger partial charge in [-0.15, -0.1) is 0 Å². The molecule has 3 nitrogen and oxygen atoms in total. The molecule has 1 aromatic rings. The summed E-state index contributed by atoms with van der Waals surface area (Å²) in [6, 6.07) is 7.50. The van der Waals surface area contributed by atoms with Gasteiger partial charge in [-0.3, -0.25) is 4.79 Å². The average Bonchev–Trinajstić information content (AvgIpc) is 2.84. The topological polar surface area (TPSA) is 38.3 Å². The zero-order valence-corrected chi connectivity index (χ0v) is 12.9. The first kappa shape index (κ1) is 14.9. The minimum absolute atomic E-state index is 0.144. The number of carbonyl (C=O) groups is 1. The van der Waals surface area contributed by atoms with Crippen molar-refractivity contribution in [2.75, 3.05) is 12.4 Å². The molecule has 0 heterocycles. The molecule has 0 aromatic heterocycles. The first-order valence-corrected chi connectivity index (χ1v) is 7.40. The second-order valence-electron chi connectivity index (χ2n) is 6.49. The first-order chi connectivity index (χ1) is 9.44. The van der Waals surface area contributed by atoms with Crippen LogP contribution in [-0.4, -0.2) is 13.0 Å². The molecule has 0 spiro atoms. The van der Waals surface area contributed by atoms with E-state index in [4.69, 9.17) is 4.74 Å². The van der Waals surface area contributed by atoms with Gasteiger partial charge < -0.3 is 10.1 Å². The van der Waals surface area contributed by atoms with Gasteiger partial charge in [0.2, 0.25) is 5.91 Å². The normalized spacial score (nSPS) is 25.8. The molecule has 0 saturated heterocycles. The number of amides is 1. The Morgan fingerprint density at radius 2 is 2.00 bits per heavy atom. The molecule has 110 valence electrons. The summed E-state index contributed by atoms with van der Waals surface area (Å²) >= 11 is 0. The number of benzene rings is 1. The van der Waals surface area contributed by atoms with E-state index in [1.54, 1.807) is 7.11 Å². The van der Waals surface area contributed by atoms with Gasteiger partial charge in [0, 0.05) is 11.1 Å². The van der Waals surface area contributed by atoms with Crippen molar-refractivity contribution in [3.05, 3.63) is 24.3 Å². The fourth-order valence-electron chi connectivity index (χ4n) is 3.02. The summed E-state index contributed by atoms with van der Waals surface area (Å²) < 4.78 is 5.12. The lowest BCUT2D eigenvalue weighted by atomic mass is 9.84. The van der Waals surface area contributed by atoms with Crippen molar-refractivity contribution in [1.29, 1.82) is 0 Å². The molecular weight excluding hydrogens is 250 g/mol. The van der Waals surface area contributed by atoms with E-state index < -0.39 is 0 Å². The van der Waals surface area contributed by atoms with Crippen molar-refractivity contribution >= 4 is 11.6 Å². The van der Waals surface area contributed by atoms with Crippen molar-refractivity contribution < 1.29 is 9.53 Å². The van der Waals surface area contributed by atoms with E-state index in [9.17, 15) is 4.79 Å². The molecule has 1 fully saturated rings. The Hall–Kier alpha value is -1.51. The highest BCUT2D eigenvalue weighted by Gasteiger charge is 2.41. The van der Waals surface area contributed by atoms with E-state index in [1.807, 2.05) is 24.3 Å². The van der Waals surface area contributed by atoms with Crippen LogP contribution in [0, 0.1) is 17.3 Å². The number of hydrogen-bond acceptors (Lipinski definition) is 2. The van der Waals surface area contributed by atoms with Crippen LogP contribution in [0.3, 0.4) is 0 Å². The lowest BCUT2D eigenvalue weighted by molar-refractivity contribution is -0.124. The molecule has 2 atom stereocenters. The number of anilines is 1. The summed E-state index contributed by atoms with van der Waals surface area (Å²) in [5.41, 5.74) is 0.611. The molecule has 3 heteroatoms. The maximum atomic E-state index is 12.5. The fourth-order valence-corrected chi connectivity index (χ4v) is 3.02. The number of rotatable bonds is 4. The molecule has 1 amide bonds. The first-order valence-electron chi connectivity index (χ1n) is 7.40. The number of hydrogen-bond donors (Lipinski definition) is 1. The molecule has 0 bridgehead atoms. The Morgan fingerprint density at radius 3 is 2.50 bits per heavy atom. The van der Waals surface area contributed by atoms with Gasteiger partial charge in [-0.2, -0.15) is 0 Å². The van der Waals surface area contributed by atoms with E-state index >= 15 is 0 Å². The van der Waals surface area contributed by atoms with E-state index in [0.29, 0.717) is 11.8 Å². The maximum Gasteiger partial charge on any atom is 0.230 e. The molecule has 2 rings (SSSR count). The van der Waals surface area contributed by atoms with Crippen LogP contribution in [0.25, 0.3) is 0 Å². The lowest BCUT2D eigenvalue weighted by Gasteiger charge is -2.24. The molecule has 1 N–H and O–H groups in total. The third-order valence-corrected chi connectivity index (χ3v) is 4.62. The van der Waals surface area contributed by atoms with Crippen molar-refractivity contribution in [3.63, 3.8) is 0 Å². The Balaban J connectivity index is 2.00. The van der Waals surface area contributed by atoms with Crippen molar-refractivity contribution in [1.82, 2.24) is 0 Å². The predicted octanol–water partition coefficient (Wildman–Crippen LogP) is 4.10. The number of ether oxygens (including phenoxy) is 1. The van der Waals surface area contributed by atoms with Crippen molar-refractivity contribution in [3.8, 4) is 5.75 Å². The highest BCUT2D eigenvalue weighted by atomic mass is 16.5. The monoisotopic (exact) mass is 275 g/mol. The summed E-state index contributed by atoms with van der Waals surface area (Å²) in [5, 5.41) is 3.04. The smallest absolute Gasteiger partial charge is 0.230 e. The van der Waals surface area contributed by atoms with Gasteiger partial charge in [0.15, 0.2) is 0 Å². The molecule has 0 radical (unpaired) electrons. The second-order valence-corrected chi connectivity index (χ2v) is 6.49. The summed E-state index contributed by atoms with van der Waals surface area (Å²) in [7, 11) is 1.64. The standard InChI is InChI=1S/C17H25NO2/c1-12(2)13-9-10-17(3,11-13)16(19)18-14-5-7-15(20-4)8-6-14/h5-8,12-13H,9-11H2,1-4H3,(H,18,19).